The smallest absolute Gasteiger partial charge is 0.328 e. The average molecular weight is 271 g/mol. The average Bonchev–Trinajstić information content (AvgIpc) is 2.26. The molecule has 1 aromatic heterocycles. The summed E-state index contributed by atoms with van der Waals surface area (Å²) < 4.78 is 27.3. The SMILES string of the molecule is CCNS(=O)(=O)Nc1cccc(/C=C/C(=O)O)n1. The van der Waals surface area contributed by atoms with Gasteiger partial charge in [-0.1, -0.05) is 13.0 Å². The van der Waals surface area contributed by atoms with Crippen molar-refractivity contribution in [3.8, 4) is 0 Å². The fourth-order valence-electron chi connectivity index (χ4n) is 1.12. The summed E-state index contributed by atoms with van der Waals surface area (Å²) in [5, 5.41) is 8.46. The zero-order valence-electron chi connectivity index (χ0n) is 9.62. The molecule has 0 amide bonds. The Balaban J connectivity index is 2.86. The minimum Gasteiger partial charge on any atom is -0.478 e. The van der Waals surface area contributed by atoms with E-state index in [1.165, 1.54) is 12.1 Å². The molecule has 0 bridgehead atoms. The number of anilines is 1. The van der Waals surface area contributed by atoms with Crippen LogP contribution in [0.2, 0.25) is 0 Å². The number of nitrogens with zero attached hydrogens (tertiary/aromatic N) is 1. The number of hydrogen-bond donors (Lipinski definition) is 3. The summed E-state index contributed by atoms with van der Waals surface area (Å²) in [5.74, 6) is -0.987. The van der Waals surface area contributed by atoms with E-state index in [-0.39, 0.29) is 12.4 Å². The molecule has 1 rings (SSSR count). The number of carboxylic acids is 1. The van der Waals surface area contributed by atoms with Gasteiger partial charge in [0.2, 0.25) is 0 Å². The quantitative estimate of drug-likeness (QED) is 0.651. The van der Waals surface area contributed by atoms with Crippen LogP contribution >= 0.6 is 0 Å². The Morgan fingerprint density at radius 1 is 1.50 bits per heavy atom. The first-order valence-electron chi connectivity index (χ1n) is 5.08. The summed E-state index contributed by atoms with van der Waals surface area (Å²) in [6, 6.07) is 4.59. The van der Waals surface area contributed by atoms with Crippen molar-refractivity contribution in [3.05, 3.63) is 30.0 Å². The molecule has 0 radical (unpaired) electrons. The molecule has 8 heteroatoms. The molecule has 0 unspecified atom stereocenters. The Hall–Kier alpha value is -1.93. The van der Waals surface area contributed by atoms with E-state index in [2.05, 4.69) is 14.4 Å². The third kappa shape index (κ3) is 4.93. The van der Waals surface area contributed by atoms with E-state index in [9.17, 15) is 13.2 Å². The Labute approximate surface area is 105 Å². The van der Waals surface area contributed by atoms with Crippen LogP contribution in [0.15, 0.2) is 24.3 Å². The van der Waals surface area contributed by atoms with Gasteiger partial charge < -0.3 is 5.11 Å². The van der Waals surface area contributed by atoms with E-state index in [4.69, 9.17) is 5.11 Å². The van der Waals surface area contributed by atoms with E-state index in [0.717, 1.165) is 6.08 Å². The van der Waals surface area contributed by atoms with Gasteiger partial charge in [-0.15, -0.1) is 0 Å². The highest BCUT2D eigenvalue weighted by atomic mass is 32.2. The number of carbonyl (C=O) groups is 1. The monoisotopic (exact) mass is 271 g/mol. The standard InChI is InChI=1S/C10H13N3O4S/c1-2-11-18(16,17)13-9-5-3-4-8(12-9)6-7-10(14)15/h3-7,11H,2H2,1H3,(H,12,13)(H,14,15)/b7-6+. The van der Waals surface area contributed by atoms with Crippen LogP contribution in [0.25, 0.3) is 6.08 Å². The first-order valence-corrected chi connectivity index (χ1v) is 6.57. The highest BCUT2D eigenvalue weighted by molar-refractivity contribution is 7.90. The van der Waals surface area contributed by atoms with Crippen LogP contribution in [-0.4, -0.2) is 31.0 Å². The predicted molar refractivity (Wildman–Crippen MR) is 67.1 cm³/mol. The summed E-state index contributed by atoms with van der Waals surface area (Å²) in [6.45, 7) is 1.91. The van der Waals surface area contributed by atoms with E-state index in [0.29, 0.717) is 5.69 Å². The molecule has 1 aromatic rings. The second-order valence-corrected chi connectivity index (χ2v) is 4.72. The lowest BCUT2D eigenvalue weighted by atomic mass is 10.3. The Kier molecular flexibility index (Phi) is 4.81. The van der Waals surface area contributed by atoms with Crippen molar-refractivity contribution in [1.82, 2.24) is 9.71 Å². The van der Waals surface area contributed by atoms with E-state index in [1.807, 2.05) is 0 Å². The van der Waals surface area contributed by atoms with Gasteiger partial charge in [0.05, 0.1) is 5.69 Å². The number of pyridine rings is 1. The van der Waals surface area contributed by atoms with Crippen molar-refractivity contribution in [2.24, 2.45) is 0 Å². The molecule has 0 aliphatic rings. The van der Waals surface area contributed by atoms with Gasteiger partial charge in [0.25, 0.3) is 10.2 Å². The summed E-state index contributed by atoms with van der Waals surface area (Å²) in [7, 11) is -3.64. The summed E-state index contributed by atoms with van der Waals surface area (Å²) in [5.41, 5.74) is 0.342. The second-order valence-electron chi connectivity index (χ2n) is 3.22. The second kappa shape index (κ2) is 6.12. The number of aliphatic carboxylic acids is 1. The molecule has 0 aliphatic carbocycles. The Bertz CT molecular complexity index is 554. The van der Waals surface area contributed by atoms with Gasteiger partial charge >= 0.3 is 5.97 Å². The van der Waals surface area contributed by atoms with Gasteiger partial charge in [0.15, 0.2) is 0 Å². The minimum absolute atomic E-state index is 0.114. The van der Waals surface area contributed by atoms with Crippen molar-refractivity contribution in [3.63, 3.8) is 0 Å². The highest BCUT2D eigenvalue weighted by Crippen LogP contribution is 2.07. The van der Waals surface area contributed by atoms with Crippen LogP contribution < -0.4 is 9.44 Å². The van der Waals surface area contributed by atoms with Crippen LogP contribution in [0.3, 0.4) is 0 Å². The largest absolute Gasteiger partial charge is 0.478 e. The van der Waals surface area contributed by atoms with E-state index < -0.39 is 16.2 Å². The molecule has 18 heavy (non-hydrogen) atoms. The molecule has 7 nitrogen and oxygen atoms in total. The van der Waals surface area contributed by atoms with E-state index in [1.54, 1.807) is 19.1 Å². The number of aromatic nitrogens is 1. The number of hydrogen-bond acceptors (Lipinski definition) is 4. The highest BCUT2D eigenvalue weighted by Gasteiger charge is 2.08. The predicted octanol–water partition coefficient (Wildman–Crippen LogP) is 0.446. The number of nitrogens with one attached hydrogen (secondary N) is 2. The third-order valence-corrected chi connectivity index (χ3v) is 2.89. The molecule has 98 valence electrons. The van der Waals surface area contributed by atoms with Crippen LogP contribution in [-0.2, 0) is 15.0 Å². The number of rotatable bonds is 6. The normalized spacial score (nSPS) is 11.6. The molecule has 0 atom stereocenters. The van der Waals surface area contributed by atoms with Crippen LogP contribution in [0.4, 0.5) is 5.82 Å². The van der Waals surface area contributed by atoms with Crippen molar-refractivity contribution in [1.29, 1.82) is 0 Å². The van der Waals surface area contributed by atoms with Gasteiger partial charge in [-0.2, -0.15) is 13.1 Å². The maximum absolute atomic E-state index is 11.4. The first-order chi connectivity index (χ1) is 8.43. The molecular formula is C10H13N3O4S. The molecule has 0 fully saturated rings. The molecular weight excluding hydrogens is 258 g/mol. The van der Waals surface area contributed by atoms with Gasteiger partial charge in [-0.05, 0) is 18.2 Å². The Morgan fingerprint density at radius 3 is 2.83 bits per heavy atom. The first kappa shape index (κ1) is 14.1. The van der Waals surface area contributed by atoms with Crippen molar-refractivity contribution in [2.75, 3.05) is 11.3 Å². The maximum Gasteiger partial charge on any atom is 0.328 e. The van der Waals surface area contributed by atoms with Gasteiger partial charge in [-0.25, -0.2) is 9.78 Å². The summed E-state index contributed by atoms with van der Waals surface area (Å²) in [4.78, 5) is 14.3. The fraction of sp³-hybridized carbons (Fsp3) is 0.200. The molecule has 1 heterocycles. The topological polar surface area (TPSA) is 108 Å². The molecule has 0 saturated heterocycles. The van der Waals surface area contributed by atoms with Crippen LogP contribution in [0, 0.1) is 0 Å². The molecule has 3 N–H and O–H groups in total. The zero-order chi connectivity index (χ0) is 13.6. The molecule has 0 aliphatic heterocycles. The minimum atomic E-state index is -3.64. The number of carboxylic acid groups (broad SMARTS) is 1. The molecule has 0 aromatic carbocycles. The fourth-order valence-corrected chi connectivity index (χ4v) is 1.96. The third-order valence-electron chi connectivity index (χ3n) is 1.74. The molecule has 0 spiro atoms. The van der Waals surface area contributed by atoms with E-state index >= 15 is 0 Å². The lowest BCUT2D eigenvalue weighted by Crippen LogP contribution is -2.30. The summed E-state index contributed by atoms with van der Waals surface area (Å²) >= 11 is 0. The molecule has 0 saturated carbocycles. The lowest BCUT2D eigenvalue weighted by molar-refractivity contribution is -0.131. The van der Waals surface area contributed by atoms with Crippen molar-refractivity contribution in [2.45, 2.75) is 6.92 Å². The van der Waals surface area contributed by atoms with Gasteiger partial charge in [-0.3, -0.25) is 4.72 Å². The van der Waals surface area contributed by atoms with Crippen LogP contribution in [0.1, 0.15) is 12.6 Å². The maximum atomic E-state index is 11.4. The Morgan fingerprint density at radius 2 is 2.22 bits per heavy atom. The van der Waals surface area contributed by atoms with Crippen molar-refractivity contribution < 1.29 is 18.3 Å². The zero-order valence-corrected chi connectivity index (χ0v) is 10.4. The van der Waals surface area contributed by atoms with Gasteiger partial charge in [0.1, 0.15) is 5.82 Å². The van der Waals surface area contributed by atoms with Gasteiger partial charge in [0, 0.05) is 12.6 Å². The summed E-state index contributed by atoms with van der Waals surface area (Å²) in [6.07, 6.45) is 2.19. The lowest BCUT2D eigenvalue weighted by Gasteiger charge is -2.07. The van der Waals surface area contributed by atoms with Crippen LogP contribution in [0.5, 0.6) is 0 Å². The van der Waals surface area contributed by atoms with Crippen molar-refractivity contribution >= 4 is 28.1 Å².